The van der Waals surface area contributed by atoms with Crippen LogP contribution in [0.15, 0.2) is 224 Å². The van der Waals surface area contributed by atoms with E-state index in [4.69, 9.17) is 0 Å². The first kappa shape index (κ1) is 32.8. The SMILES string of the molecule is c1ccc(-c2ccc(N(c3ccc4c5ccccc5n(-c5ccc(-n6c7ccccc7c7ccccc76)cc5)c4c3)c3ccccc3-c3ccccc3)cc2)cc1. The molecule has 2 heterocycles. The van der Waals surface area contributed by atoms with Gasteiger partial charge < -0.3 is 14.0 Å². The summed E-state index contributed by atoms with van der Waals surface area (Å²) in [6.45, 7) is 0. The Labute approximate surface area is 331 Å². The minimum absolute atomic E-state index is 1.09. The Morgan fingerprint density at radius 2 is 0.702 bits per heavy atom. The average molecular weight is 728 g/mol. The second-order valence-corrected chi connectivity index (χ2v) is 14.6. The lowest BCUT2D eigenvalue weighted by Crippen LogP contribution is -2.11. The Balaban J connectivity index is 1.09. The van der Waals surface area contributed by atoms with E-state index in [1.165, 1.54) is 60.3 Å². The van der Waals surface area contributed by atoms with Gasteiger partial charge in [-0.3, -0.25) is 0 Å². The summed E-state index contributed by atoms with van der Waals surface area (Å²) >= 11 is 0. The number of anilines is 3. The van der Waals surface area contributed by atoms with E-state index in [0.29, 0.717) is 0 Å². The zero-order valence-corrected chi connectivity index (χ0v) is 31.2. The van der Waals surface area contributed by atoms with Crippen molar-refractivity contribution >= 4 is 60.7 Å². The van der Waals surface area contributed by atoms with E-state index in [9.17, 15) is 0 Å². The van der Waals surface area contributed by atoms with E-state index in [1.807, 2.05) is 0 Å². The van der Waals surface area contributed by atoms with Gasteiger partial charge in [-0.2, -0.15) is 0 Å². The fourth-order valence-electron chi connectivity index (χ4n) is 8.72. The number of nitrogens with zero attached hydrogens (tertiary/aromatic N) is 3. The van der Waals surface area contributed by atoms with Gasteiger partial charge in [0.15, 0.2) is 0 Å². The van der Waals surface area contributed by atoms with E-state index in [-0.39, 0.29) is 0 Å². The molecule has 9 aromatic carbocycles. The largest absolute Gasteiger partial charge is 0.310 e. The lowest BCUT2D eigenvalue weighted by atomic mass is 10.0. The summed E-state index contributed by atoms with van der Waals surface area (Å²) in [7, 11) is 0. The molecule has 268 valence electrons. The van der Waals surface area contributed by atoms with Gasteiger partial charge in [-0.15, -0.1) is 0 Å². The minimum atomic E-state index is 1.09. The second-order valence-electron chi connectivity index (χ2n) is 14.6. The summed E-state index contributed by atoms with van der Waals surface area (Å²) < 4.78 is 4.80. The van der Waals surface area contributed by atoms with Crippen LogP contribution < -0.4 is 4.90 Å². The topological polar surface area (TPSA) is 13.1 Å². The number of aromatic nitrogens is 2. The Morgan fingerprint density at radius 3 is 1.28 bits per heavy atom. The number of rotatable bonds is 7. The van der Waals surface area contributed by atoms with E-state index in [1.54, 1.807) is 0 Å². The smallest absolute Gasteiger partial charge is 0.0561 e. The van der Waals surface area contributed by atoms with Crippen molar-refractivity contribution in [1.82, 2.24) is 9.13 Å². The first-order chi connectivity index (χ1) is 28.3. The first-order valence-corrected chi connectivity index (χ1v) is 19.5. The molecule has 0 radical (unpaired) electrons. The molecule has 0 N–H and O–H groups in total. The molecule has 0 saturated heterocycles. The molecule has 2 aromatic heterocycles. The third kappa shape index (κ3) is 5.51. The molecule has 11 aromatic rings. The predicted octanol–water partition coefficient (Wildman–Crippen LogP) is 14.7. The molecule has 0 atom stereocenters. The lowest BCUT2D eigenvalue weighted by Gasteiger charge is -2.28. The maximum atomic E-state index is 2.42. The van der Waals surface area contributed by atoms with Gasteiger partial charge in [0.05, 0.1) is 27.8 Å². The predicted molar refractivity (Wildman–Crippen MR) is 241 cm³/mol. The van der Waals surface area contributed by atoms with Gasteiger partial charge in [0.2, 0.25) is 0 Å². The van der Waals surface area contributed by atoms with E-state index in [0.717, 1.165) is 34.0 Å². The fraction of sp³-hybridized carbons (Fsp3) is 0. The molecule has 0 bridgehead atoms. The fourth-order valence-corrected chi connectivity index (χ4v) is 8.72. The molecular weight excluding hydrogens is 691 g/mol. The molecule has 11 rings (SSSR count). The van der Waals surface area contributed by atoms with Crippen molar-refractivity contribution in [2.75, 3.05) is 4.90 Å². The summed E-state index contributed by atoms with van der Waals surface area (Å²) in [5.74, 6) is 0. The minimum Gasteiger partial charge on any atom is -0.310 e. The summed E-state index contributed by atoms with van der Waals surface area (Å²) in [6.07, 6.45) is 0. The number of para-hydroxylation sites is 4. The third-order valence-electron chi connectivity index (χ3n) is 11.3. The number of fused-ring (bicyclic) bond motifs is 6. The standard InChI is InChI=1S/C54H37N3/c1-3-15-38(16-4-1)39-27-29-41(30-28-39)55(50-23-11-7-19-45(50)40-17-5-2-6-18-40)44-35-36-49-48-22-10-14-26-53(48)57(54(49)37-44)43-33-31-42(32-34-43)56-51-24-12-8-20-46(51)47-21-9-13-25-52(47)56/h1-37H. The van der Waals surface area contributed by atoms with Gasteiger partial charge in [0.1, 0.15) is 0 Å². The molecule has 0 amide bonds. The maximum absolute atomic E-state index is 2.42. The molecule has 0 unspecified atom stereocenters. The van der Waals surface area contributed by atoms with Crippen LogP contribution in [-0.4, -0.2) is 9.13 Å². The molecule has 0 aliphatic rings. The van der Waals surface area contributed by atoms with Crippen molar-refractivity contribution in [1.29, 1.82) is 0 Å². The van der Waals surface area contributed by atoms with Gasteiger partial charge in [-0.05, 0) is 89.5 Å². The van der Waals surface area contributed by atoms with Crippen molar-refractivity contribution in [2.45, 2.75) is 0 Å². The van der Waals surface area contributed by atoms with Crippen molar-refractivity contribution in [3.05, 3.63) is 224 Å². The molecule has 0 aliphatic heterocycles. The number of benzene rings is 9. The first-order valence-electron chi connectivity index (χ1n) is 19.5. The van der Waals surface area contributed by atoms with Crippen molar-refractivity contribution in [3.63, 3.8) is 0 Å². The van der Waals surface area contributed by atoms with Gasteiger partial charge in [-0.25, -0.2) is 0 Å². The van der Waals surface area contributed by atoms with Crippen LogP contribution in [0.5, 0.6) is 0 Å². The normalized spacial score (nSPS) is 11.5. The van der Waals surface area contributed by atoms with Crippen LogP contribution in [0, 0.1) is 0 Å². The van der Waals surface area contributed by atoms with Crippen LogP contribution in [0.1, 0.15) is 0 Å². The molecule has 0 saturated carbocycles. The molecule has 0 fully saturated rings. The van der Waals surface area contributed by atoms with Crippen molar-refractivity contribution in [3.8, 4) is 33.6 Å². The van der Waals surface area contributed by atoms with Gasteiger partial charge >= 0.3 is 0 Å². The van der Waals surface area contributed by atoms with Gasteiger partial charge in [0.25, 0.3) is 0 Å². The highest BCUT2D eigenvalue weighted by Crippen LogP contribution is 2.44. The molecule has 57 heavy (non-hydrogen) atoms. The Hall–Kier alpha value is -7.62. The van der Waals surface area contributed by atoms with E-state index >= 15 is 0 Å². The van der Waals surface area contributed by atoms with Crippen LogP contribution >= 0.6 is 0 Å². The quantitative estimate of drug-likeness (QED) is 0.159. The van der Waals surface area contributed by atoms with Crippen molar-refractivity contribution in [2.24, 2.45) is 0 Å². The number of hydrogen-bond donors (Lipinski definition) is 0. The Morgan fingerprint density at radius 1 is 0.281 bits per heavy atom. The van der Waals surface area contributed by atoms with E-state index < -0.39 is 0 Å². The zero-order valence-electron chi connectivity index (χ0n) is 31.2. The van der Waals surface area contributed by atoms with Crippen LogP contribution in [-0.2, 0) is 0 Å². The average Bonchev–Trinajstić information content (AvgIpc) is 3.80. The molecule has 3 heteroatoms. The van der Waals surface area contributed by atoms with Crippen LogP contribution in [0.3, 0.4) is 0 Å². The molecule has 0 spiro atoms. The summed E-state index contributed by atoms with van der Waals surface area (Å²) in [4.78, 5) is 2.41. The highest BCUT2D eigenvalue weighted by Gasteiger charge is 2.20. The van der Waals surface area contributed by atoms with Crippen LogP contribution in [0.4, 0.5) is 17.1 Å². The lowest BCUT2D eigenvalue weighted by molar-refractivity contribution is 1.14. The molecule has 3 nitrogen and oxygen atoms in total. The van der Waals surface area contributed by atoms with Gasteiger partial charge in [0, 0.05) is 49.9 Å². The Kier molecular flexibility index (Phi) is 7.82. The molecular formula is C54H37N3. The summed E-state index contributed by atoms with van der Waals surface area (Å²) in [5.41, 5.74) is 15.1. The summed E-state index contributed by atoms with van der Waals surface area (Å²) in [5, 5.41) is 4.98. The monoisotopic (exact) mass is 727 g/mol. The third-order valence-corrected chi connectivity index (χ3v) is 11.3. The number of hydrogen-bond acceptors (Lipinski definition) is 1. The van der Waals surface area contributed by atoms with Gasteiger partial charge in [-0.1, -0.05) is 152 Å². The maximum Gasteiger partial charge on any atom is 0.0561 e. The highest BCUT2D eigenvalue weighted by atomic mass is 15.1. The van der Waals surface area contributed by atoms with Crippen LogP contribution in [0.25, 0.3) is 77.2 Å². The summed E-state index contributed by atoms with van der Waals surface area (Å²) in [6, 6.07) is 81.1. The van der Waals surface area contributed by atoms with Crippen molar-refractivity contribution < 1.29 is 0 Å². The molecule has 0 aliphatic carbocycles. The second kappa shape index (κ2) is 13.6. The van der Waals surface area contributed by atoms with E-state index in [2.05, 4.69) is 238 Å². The Bertz CT molecular complexity index is 3160. The zero-order chi connectivity index (χ0) is 37.7. The van der Waals surface area contributed by atoms with Crippen LogP contribution in [0.2, 0.25) is 0 Å². The highest BCUT2D eigenvalue weighted by molar-refractivity contribution is 6.11.